The Labute approximate surface area is 142 Å². The van der Waals surface area contributed by atoms with Crippen LogP contribution in [0.5, 0.6) is 0 Å². The molecule has 1 amide bonds. The molecule has 1 aliphatic heterocycles. The minimum atomic E-state index is 0.0168. The molecule has 4 rings (SSSR count). The number of halogens is 1. The van der Waals surface area contributed by atoms with Crippen LogP contribution in [0, 0.1) is 0 Å². The minimum Gasteiger partial charge on any atom is -0.310 e. The highest BCUT2D eigenvalue weighted by atomic mass is 79.9. The maximum Gasteiger partial charge on any atom is 0.226 e. The third kappa shape index (κ3) is 2.57. The Bertz CT molecular complexity index is 856. The van der Waals surface area contributed by atoms with E-state index in [2.05, 4.69) is 38.5 Å². The van der Waals surface area contributed by atoms with E-state index in [4.69, 9.17) is 0 Å². The van der Waals surface area contributed by atoms with Crippen molar-refractivity contribution in [3.8, 4) is 5.69 Å². The average molecular weight is 368 g/mol. The summed E-state index contributed by atoms with van der Waals surface area (Å²) in [4.78, 5) is 12.2. The van der Waals surface area contributed by atoms with Gasteiger partial charge in [-0.1, -0.05) is 46.3 Å². The van der Waals surface area contributed by atoms with Gasteiger partial charge in [-0.05, 0) is 29.8 Å². The van der Waals surface area contributed by atoms with Gasteiger partial charge in [0.05, 0.1) is 11.9 Å². The molecular weight excluding hydrogens is 354 g/mol. The Hall–Kier alpha value is -2.40. The lowest BCUT2D eigenvalue weighted by molar-refractivity contribution is -0.116. The number of benzene rings is 2. The highest BCUT2D eigenvalue weighted by Crippen LogP contribution is 2.38. The van der Waals surface area contributed by atoms with Crippen LogP contribution < -0.4 is 5.32 Å². The van der Waals surface area contributed by atoms with Crippen LogP contribution in [0.25, 0.3) is 5.69 Å². The molecule has 0 saturated heterocycles. The summed E-state index contributed by atoms with van der Waals surface area (Å²) < 4.78 is 2.82. The summed E-state index contributed by atoms with van der Waals surface area (Å²) in [5, 5.41) is 7.46. The van der Waals surface area contributed by atoms with Crippen LogP contribution in [0.1, 0.15) is 23.5 Å². The summed E-state index contributed by atoms with van der Waals surface area (Å²) >= 11 is 3.45. The van der Waals surface area contributed by atoms with Crippen molar-refractivity contribution in [2.75, 3.05) is 5.32 Å². The maximum absolute atomic E-state index is 12.2. The van der Waals surface area contributed by atoms with E-state index in [0.29, 0.717) is 6.42 Å². The van der Waals surface area contributed by atoms with Crippen molar-refractivity contribution in [1.82, 2.24) is 9.78 Å². The van der Waals surface area contributed by atoms with Crippen molar-refractivity contribution < 1.29 is 4.79 Å². The predicted molar refractivity (Wildman–Crippen MR) is 92.8 cm³/mol. The number of rotatable bonds is 2. The standard InChI is InChI=1S/C18H14BrN3O/c19-13-8-6-12(7-9-13)15-10-17(23)21-18-16(15)11-20-22(18)14-4-2-1-3-5-14/h1-9,11,15H,10H2,(H,21,23)/t15-/m0/s1. The van der Waals surface area contributed by atoms with E-state index in [1.54, 1.807) is 4.68 Å². The topological polar surface area (TPSA) is 46.9 Å². The first-order valence-electron chi connectivity index (χ1n) is 7.41. The van der Waals surface area contributed by atoms with Crippen LogP contribution in [0.15, 0.2) is 65.3 Å². The van der Waals surface area contributed by atoms with E-state index in [-0.39, 0.29) is 11.8 Å². The zero-order valence-corrected chi connectivity index (χ0v) is 13.8. The molecule has 3 aromatic rings. The summed E-state index contributed by atoms with van der Waals surface area (Å²) in [6, 6.07) is 17.9. The summed E-state index contributed by atoms with van der Waals surface area (Å²) in [5.41, 5.74) is 3.11. The molecule has 114 valence electrons. The molecule has 1 aromatic heterocycles. The van der Waals surface area contributed by atoms with Gasteiger partial charge >= 0.3 is 0 Å². The van der Waals surface area contributed by atoms with Crippen LogP contribution in [0.3, 0.4) is 0 Å². The molecule has 23 heavy (non-hydrogen) atoms. The van der Waals surface area contributed by atoms with Gasteiger partial charge in [0.2, 0.25) is 5.91 Å². The fourth-order valence-corrected chi connectivity index (χ4v) is 3.24. The number of carbonyl (C=O) groups excluding carboxylic acids is 1. The molecule has 0 fully saturated rings. The Morgan fingerprint density at radius 2 is 1.83 bits per heavy atom. The Kier molecular flexibility index (Phi) is 3.50. The Morgan fingerprint density at radius 1 is 1.09 bits per heavy atom. The molecule has 0 bridgehead atoms. The van der Waals surface area contributed by atoms with E-state index in [9.17, 15) is 4.79 Å². The number of hydrogen-bond donors (Lipinski definition) is 1. The second-order valence-corrected chi connectivity index (χ2v) is 6.47. The van der Waals surface area contributed by atoms with Gasteiger partial charge in [-0.2, -0.15) is 5.10 Å². The van der Waals surface area contributed by atoms with Crippen LogP contribution in [0.2, 0.25) is 0 Å². The summed E-state index contributed by atoms with van der Waals surface area (Å²) in [6.45, 7) is 0. The van der Waals surface area contributed by atoms with Gasteiger partial charge in [-0.15, -0.1) is 0 Å². The molecule has 0 radical (unpaired) electrons. The van der Waals surface area contributed by atoms with Gasteiger partial charge < -0.3 is 5.32 Å². The van der Waals surface area contributed by atoms with Crippen LogP contribution in [0.4, 0.5) is 5.82 Å². The minimum absolute atomic E-state index is 0.0168. The number of para-hydroxylation sites is 1. The average Bonchev–Trinajstić information content (AvgIpc) is 2.99. The number of carbonyl (C=O) groups is 1. The highest BCUT2D eigenvalue weighted by Gasteiger charge is 2.30. The van der Waals surface area contributed by atoms with Crippen molar-refractivity contribution in [2.45, 2.75) is 12.3 Å². The zero-order chi connectivity index (χ0) is 15.8. The van der Waals surface area contributed by atoms with Crippen molar-refractivity contribution in [3.63, 3.8) is 0 Å². The summed E-state index contributed by atoms with van der Waals surface area (Å²) in [7, 11) is 0. The van der Waals surface area contributed by atoms with Gasteiger partial charge in [-0.3, -0.25) is 4.79 Å². The van der Waals surface area contributed by atoms with Gasteiger partial charge in [0.15, 0.2) is 0 Å². The maximum atomic E-state index is 12.2. The molecule has 2 heterocycles. The van der Waals surface area contributed by atoms with Crippen LogP contribution >= 0.6 is 15.9 Å². The Balaban J connectivity index is 1.81. The molecule has 5 heteroatoms. The molecular formula is C18H14BrN3O. The lowest BCUT2D eigenvalue weighted by atomic mass is 9.87. The molecule has 0 unspecified atom stereocenters. The van der Waals surface area contributed by atoms with Crippen LogP contribution in [-0.4, -0.2) is 15.7 Å². The monoisotopic (exact) mass is 367 g/mol. The number of amides is 1. The van der Waals surface area contributed by atoms with Crippen molar-refractivity contribution in [2.24, 2.45) is 0 Å². The fourth-order valence-electron chi connectivity index (χ4n) is 2.98. The summed E-state index contributed by atoms with van der Waals surface area (Å²) in [5.74, 6) is 0.813. The van der Waals surface area contributed by atoms with E-state index < -0.39 is 0 Å². The van der Waals surface area contributed by atoms with Gasteiger partial charge in [0.25, 0.3) is 0 Å². The van der Waals surface area contributed by atoms with Gasteiger partial charge in [0.1, 0.15) is 5.82 Å². The van der Waals surface area contributed by atoms with Crippen molar-refractivity contribution >= 4 is 27.7 Å². The lowest BCUT2D eigenvalue weighted by Gasteiger charge is -2.23. The molecule has 4 nitrogen and oxygen atoms in total. The molecule has 1 N–H and O–H groups in total. The fraction of sp³-hybridized carbons (Fsp3) is 0.111. The van der Waals surface area contributed by atoms with Gasteiger partial charge in [0, 0.05) is 22.4 Å². The second kappa shape index (κ2) is 5.66. The molecule has 1 atom stereocenters. The normalized spacial score (nSPS) is 16.7. The third-order valence-electron chi connectivity index (χ3n) is 4.09. The van der Waals surface area contributed by atoms with Crippen molar-refractivity contribution in [3.05, 3.63) is 76.4 Å². The Morgan fingerprint density at radius 3 is 2.57 bits per heavy atom. The first kappa shape index (κ1) is 14.2. The number of fused-ring (bicyclic) bond motifs is 1. The molecule has 0 aliphatic carbocycles. The van der Waals surface area contributed by atoms with Crippen LogP contribution in [-0.2, 0) is 4.79 Å². The number of nitrogens with zero attached hydrogens (tertiary/aromatic N) is 2. The van der Waals surface area contributed by atoms with E-state index in [1.165, 1.54) is 0 Å². The number of aromatic nitrogens is 2. The highest BCUT2D eigenvalue weighted by molar-refractivity contribution is 9.10. The lowest BCUT2D eigenvalue weighted by Crippen LogP contribution is -2.24. The van der Waals surface area contributed by atoms with E-state index in [1.807, 2.05) is 48.7 Å². The SMILES string of the molecule is O=C1C[C@@H](c2ccc(Br)cc2)c2cnn(-c3ccccc3)c2N1. The van der Waals surface area contributed by atoms with Crippen molar-refractivity contribution in [1.29, 1.82) is 0 Å². The molecule has 0 saturated carbocycles. The third-order valence-corrected chi connectivity index (χ3v) is 4.62. The molecule has 1 aliphatic rings. The first-order valence-corrected chi connectivity index (χ1v) is 8.20. The van der Waals surface area contributed by atoms with E-state index >= 15 is 0 Å². The smallest absolute Gasteiger partial charge is 0.226 e. The zero-order valence-electron chi connectivity index (χ0n) is 12.2. The number of hydrogen-bond acceptors (Lipinski definition) is 2. The largest absolute Gasteiger partial charge is 0.310 e. The summed E-state index contributed by atoms with van der Waals surface area (Å²) in [6.07, 6.45) is 2.30. The number of anilines is 1. The van der Waals surface area contributed by atoms with E-state index in [0.717, 1.165) is 27.1 Å². The number of nitrogens with one attached hydrogen (secondary N) is 1. The quantitative estimate of drug-likeness (QED) is 0.740. The van der Waals surface area contributed by atoms with Gasteiger partial charge in [-0.25, -0.2) is 4.68 Å². The first-order chi connectivity index (χ1) is 11.2. The second-order valence-electron chi connectivity index (χ2n) is 5.55. The molecule has 0 spiro atoms. The molecule has 2 aromatic carbocycles. The predicted octanol–water partition coefficient (Wildman–Crippen LogP) is 4.11.